The standard InChI is InChI=1S/C27H24FIN6O6/c1-14-23-22(24(31(3)25(14)37)30-21-10-7-16(29)11-20(21)28)26(38)35(17-8-9-17)27(39)34(23)19-6-4-5-18(12-19)32(15(2)36)13-33(40)41/h4-7,10-12,17,30H,8-9,13H2,1-3H3. The van der Waals surface area contributed by atoms with E-state index in [0.717, 1.165) is 9.47 Å². The summed E-state index contributed by atoms with van der Waals surface area (Å²) in [4.78, 5) is 65.0. The van der Waals surface area contributed by atoms with Crippen molar-refractivity contribution >= 4 is 56.6 Å². The molecule has 41 heavy (non-hydrogen) atoms. The summed E-state index contributed by atoms with van der Waals surface area (Å²) in [6.45, 7) is 1.86. The van der Waals surface area contributed by atoms with Crippen molar-refractivity contribution in [3.8, 4) is 5.69 Å². The first-order chi connectivity index (χ1) is 19.4. The van der Waals surface area contributed by atoms with E-state index in [4.69, 9.17) is 0 Å². The van der Waals surface area contributed by atoms with Crippen LogP contribution in [0.25, 0.3) is 16.6 Å². The van der Waals surface area contributed by atoms with Gasteiger partial charge in [0, 0.05) is 34.1 Å². The van der Waals surface area contributed by atoms with E-state index in [1.165, 1.54) is 60.4 Å². The summed E-state index contributed by atoms with van der Waals surface area (Å²) < 4.78 is 19.0. The van der Waals surface area contributed by atoms with Crippen LogP contribution in [-0.4, -0.2) is 31.2 Å². The molecule has 0 atom stereocenters. The number of amides is 1. The Kier molecular flexibility index (Phi) is 7.27. The number of carbonyl (C=O) groups excluding carboxylic acids is 1. The summed E-state index contributed by atoms with van der Waals surface area (Å²) >= 11 is 1.96. The number of fused-ring (bicyclic) bond motifs is 1. The summed E-state index contributed by atoms with van der Waals surface area (Å²) in [5.74, 6) is -1.19. The van der Waals surface area contributed by atoms with Gasteiger partial charge in [-0.15, -0.1) is 0 Å². The Morgan fingerprint density at radius 1 is 1.17 bits per heavy atom. The van der Waals surface area contributed by atoms with Crippen LogP contribution in [0, 0.1) is 26.4 Å². The van der Waals surface area contributed by atoms with E-state index in [0.29, 0.717) is 16.4 Å². The number of hydrogen-bond acceptors (Lipinski definition) is 7. The highest BCUT2D eigenvalue weighted by atomic mass is 127. The molecule has 0 bridgehead atoms. The zero-order valence-electron chi connectivity index (χ0n) is 22.2. The van der Waals surface area contributed by atoms with Crippen LogP contribution in [0.3, 0.4) is 0 Å². The fourth-order valence-electron chi connectivity index (χ4n) is 4.85. The fraction of sp³-hybridized carbons (Fsp3) is 0.259. The van der Waals surface area contributed by atoms with Gasteiger partial charge < -0.3 is 5.32 Å². The number of halogens is 2. The minimum atomic E-state index is -0.800. The Balaban J connectivity index is 1.87. The molecule has 1 N–H and O–H groups in total. The maximum absolute atomic E-state index is 14.9. The summed E-state index contributed by atoms with van der Waals surface area (Å²) in [6, 6.07) is 10.0. The third-order valence-electron chi connectivity index (χ3n) is 6.98. The van der Waals surface area contributed by atoms with E-state index >= 15 is 0 Å². The monoisotopic (exact) mass is 674 g/mol. The number of nitrogens with zero attached hydrogens (tertiary/aromatic N) is 5. The van der Waals surface area contributed by atoms with Crippen molar-refractivity contribution in [2.24, 2.45) is 7.05 Å². The number of anilines is 3. The second-order valence-electron chi connectivity index (χ2n) is 9.78. The van der Waals surface area contributed by atoms with Crippen molar-refractivity contribution in [3.63, 3.8) is 0 Å². The van der Waals surface area contributed by atoms with Gasteiger partial charge in [-0.2, -0.15) is 0 Å². The molecule has 0 unspecified atom stereocenters. The third-order valence-corrected chi connectivity index (χ3v) is 7.65. The first-order valence-electron chi connectivity index (χ1n) is 12.5. The minimum Gasteiger partial charge on any atom is -0.338 e. The molecule has 0 radical (unpaired) electrons. The van der Waals surface area contributed by atoms with E-state index in [2.05, 4.69) is 5.32 Å². The lowest BCUT2D eigenvalue weighted by molar-refractivity contribution is -0.477. The van der Waals surface area contributed by atoms with Gasteiger partial charge in [0.05, 0.1) is 22.6 Å². The maximum atomic E-state index is 14.9. The molecular formula is C27H24FIN6O6. The van der Waals surface area contributed by atoms with E-state index in [1.807, 2.05) is 22.6 Å². The highest BCUT2D eigenvalue weighted by molar-refractivity contribution is 14.1. The lowest BCUT2D eigenvalue weighted by Crippen LogP contribution is -2.41. The maximum Gasteiger partial charge on any atom is 0.336 e. The first-order valence-corrected chi connectivity index (χ1v) is 13.6. The molecule has 1 aliphatic rings. The summed E-state index contributed by atoms with van der Waals surface area (Å²) in [7, 11) is 1.45. The molecule has 1 saturated carbocycles. The molecule has 14 heteroatoms. The van der Waals surface area contributed by atoms with Gasteiger partial charge in [-0.3, -0.25) is 43.1 Å². The van der Waals surface area contributed by atoms with Gasteiger partial charge in [-0.1, -0.05) is 6.07 Å². The number of aryl methyl sites for hydroxylation is 1. The number of nitrogens with one attached hydrogen (secondary N) is 1. The van der Waals surface area contributed by atoms with E-state index in [9.17, 15) is 33.7 Å². The van der Waals surface area contributed by atoms with Crippen molar-refractivity contribution in [2.75, 3.05) is 16.9 Å². The molecule has 0 aliphatic heterocycles. The summed E-state index contributed by atoms with van der Waals surface area (Å²) in [5.41, 5.74) is -1.40. The Hall–Kier alpha value is -4.34. The normalized spacial score (nSPS) is 12.9. The number of rotatable bonds is 7. The average molecular weight is 674 g/mol. The lowest BCUT2D eigenvalue weighted by atomic mass is 10.1. The van der Waals surface area contributed by atoms with Crippen LogP contribution < -0.4 is 27.0 Å². The Morgan fingerprint density at radius 3 is 2.49 bits per heavy atom. The van der Waals surface area contributed by atoms with Crippen LogP contribution in [0.4, 0.5) is 21.6 Å². The molecule has 0 spiro atoms. The topological polar surface area (TPSA) is 141 Å². The Bertz CT molecular complexity index is 1940. The average Bonchev–Trinajstić information content (AvgIpc) is 3.75. The fourth-order valence-corrected chi connectivity index (χ4v) is 5.31. The van der Waals surface area contributed by atoms with Gasteiger partial charge in [-0.05, 0) is 78.8 Å². The van der Waals surface area contributed by atoms with Crippen molar-refractivity contribution in [3.05, 3.63) is 98.7 Å². The minimum absolute atomic E-state index is 0.00118. The molecule has 1 aliphatic carbocycles. The molecule has 1 fully saturated rings. The molecule has 0 saturated heterocycles. The molecule has 2 aromatic carbocycles. The molecule has 1 amide bonds. The van der Waals surface area contributed by atoms with E-state index in [-0.39, 0.29) is 45.4 Å². The second-order valence-corrected chi connectivity index (χ2v) is 11.0. The molecule has 12 nitrogen and oxygen atoms in total. The highest BCUT2D eigenvalue weighted by Crippen LogP contribution is 2.34. The predicted octanol–water partition coefficient (Wildman–Crippen LogP) is 3.57. The summed E-state index contributed by atoms with van der Waals surface area (Å²) in [6.07, 6.45) is 1.20. The Morgan fingerprint density at radius 2 is 1.88 bits per heavy atom. The van der Waals surface area contributed by atoms with E-state index < -0.39 is 40.1 Å². The second kappa shape index (κ2) is 10.6. The number of benzene rings is 2. The zero-order valence-corrected chi connectivity index (χ0v) is 24.3. The number of aromatic nitrogens is 3. The zero-order chi connectivity index (χ0) is 29.7. The van der Waals surface area contributed by atoms with Crippen molar-refractivity contribution in [1.29, 1.82) is 0 Å². The van der Waals surface area contributed by atoms with Crippen molar-refractivity contribution in [2.45, 2.75) is 32.7 Å². The van der Waals surface area contributed by atoms with Gasteiger partial charge in [0.2, 0.25) is 5.91 Å². The van der Waals surface area contributed by atoms with Crippen molar-refractivity contribution < 1.29 is 14.1 Å². The lowest BCUT2D eigenvalue weighted by Gasteiger charge is -2.22. The van der Waals surface area contributed by atoms with Crippen LogP contribution in [0.15, 0.2) is 56.8 Å². The van der Waals surface area contributed by atoms with E-state index in [1.54, 1.807) is 12.1 Å². The molecule has 212 valence electrons. The predicted molar refractivity (Wildman–Crippen MR) is 159 cm³/mol. The third kappa shape index (κ3) is 5.03. The quantitative estimate of drug-likeness (QED) is 0.137. The SMILES string of the molecule is CC(=O)N(C[N+](=O)[O-])c1cccc(-n2c(=O)n(C3CC3)c(=O)c3c(Nc4ccc(I)cc4F)n(C)c(=O)c(C)c32)c1. The van der Waals surface area contributed by atoms with Crippen LogP contribution in [-0.2, 0) is 11.8 Å². The Labute approximate surface area is 244 Å². The number of nitro groups is 1. The first kappa shape index (κ1) is 28.2. The number of hydrogen-bond donors (Lipinski definition) is 1. The van der Waals surface area contributed by atoms with Gasteiger partial charge in [0.25, 0.3) is 17.8 Å². The van der Waals surface area contributed by atoms with Gasteiger partial charge in [0.15, 0.2) is 0 Å². The number of pyridine rings is 1. The largest absolute Gasteiger partial charge is 0.338 e. The van der Waals surface area contributed by atoms with Crippen LogP contribution in [0.1, 0.15) is 31.4 Å². The van der Waals surface area contributed by atoms with Crippen LogP contribution >= 0.6 is 22.6 Å². The number of carbonyl (C=O) groups is 1. The van der Waals surface area contributed by atoms with Crippen LogP contribution in [0.2, 0.25) is 0 Å². The molecule has 5 rings (SSSR count). The smallest absolute Gasteiger partial charge is 0.336 e. The molecule has 2 heterocycles. The van der Waals surface area contributed by atoms with Crippen molar-refractivity contribution in [1.82, 2.24) is 13.7 Å². The molecule has 2 aromatic heterocycles. The molecular weight excluding hydrogens is 650 g/mol. The van der Waals surface area contributed by atoms with Gasteiger partial charge in [0.1, 0.15) is 17.0 Å². The van der Waals surface area contributed by atoms with Gasteiger partial charge in [-0.25, -0.2) is 9.18 Å². The van der Waals surface area contributed by atoms with Crippen LogP contribution in [0.5, 0.6) is 0 Å². The van der Waals surface area contributed by atoms with Gasteiger partial charge >= 0.3 is 5.69 Å². The highest BCUT2D eigenvalue weighted by Gasteiger charge is 2.32. The molecule has 4 aromatic rings. The summed E-state index contributed by atoms with van der Waals surface area (Å²) in [5, 5.41) is 14.1.